The zero-order valence-corrected chi connectivity index (χ0v) is 15.1. The average molecular weight is 306 g/mol. The molecule has 0 amide bonds. The van der Waals surface area contributed by atoms with Crippen molar-refractivity contribution in [2.75, 3.05) is 7.11 Å². The molecule has 1 aliphatic rings. The van der Waals surface area contributed by atoms with Crippen LogP contribution in [-0.4, -0.2) is 7.11 Å². The second-order valence-electron chi connectivity index (χ2n) is 7.56. The van der Waals surface area contributed by atoms with Crippen molar-refractivity contribution in [3.05, 3.63) is 58.7 Å². The lowest BCUT2D eigenvalue weighted by molar-refractivity contribution is 0.399. The minimum atomic E-state index is 0.0499. The van der Waals surface area contributed by atoms with Crippen molar-refractivity contribution < 1.29 is 4.74 Å². The van der Waals surface area contributed by atoms with Crippen molar-refractivity contribution in [3.63, 3.8) is 0 Å². The Morgan fingerprint density at radius 2 is 1.61 bits per heavy atom. The molecule has 0 spiro atoms. The molecule has 120 valence electrons. The van der Waals surface area contributed by atoms with Crippen LogP contribution < -0.4 is 4.74 Å². The lowest BCUT2D eigenvalue weighted by Gasteiger charge is -2.27. The van der Waals surface area contributed by atoms with E-state index in [4.69, 9.17) is 4.74 Å². The van der Waals surface area contributed by atoms with E-state index in [9.17, 15) is 0 Å². The van der Waals surface area contributed by atoms with Crippen LogP contribution in [0.1, 0.15) is 51.3 Å². The van der Waals surface area contributed by atoms with Gasteiger partial charge in [0.05, 0.1) is 7.11 Å². The van der Waals surface area contributed by atoms with Crippen LogP contribution in [0.15, 0.2) is 42.0 Å². The molecule has 1 heteroatoms. The Kier molecular flexibility index (Phi) is 3.83. The monoisotopic (exact) mass is 306 g/mol. The molecule has 1 aliphatic carbocycles. The summed E-state index contributed by atoms with van der Waals surface area (Å²) >= 11 is 0. The molecule has 23 heavy (non-hydrogen) atoms. The molecule has 0 bridgehead atoms. The molecule has 0 aliphatic heterocycles. The van der Waals surface area contributed by atoms with E-state index < -0.39 is 0 Å². The summed E-state index contributed by atoms with van der Waals surface area (Å²) in [7, 11) is 1.80. The molecule has 0 unspecified atom stereocenters. The standard InChI is InChI=1S/C22H26O/c1-14-12-17-13-18(22(3,4)5)21(23-6)20(19(17)15(14)2)16-10-8-7-9-11-16/h7-11,13H,12H2,1-6H3. The fourth-order valence-corrected chi connectivity index (χ4v) is 3.57. The first kappa shape index (κ1) is 15.9. The summed E-state index contributed by atoms with van der Waals surface area (Å²) in [4.78, 5) is 0. The quantitative estimate of drug-likeness (QED) is 0.660. The van der Waals surface area contributed by atoms with Crippen LogP contribution in [0.3, 0.4) is 0 Å². The number of hydrogen-bond acceptors (Lipinski definition) is 1. The van der Waals surface area contributed by atoms with Gasteiger partial charge in [-0.25, -0.2) is 0 Å². The first-order valence-electron chi connectivity index (χ1n) is 8.31. The van der Waals surface area contributed by atoms with Gasteiger partial charge < -0.3 is 4.74 Å². The number of hydrogen-bond donors (Lipinski definition) is 0. The third-order valence-corrected chi connectivity index (χ3v) is 4.91. The van der Waals surface area contributed by atoms with Crippen molar-refractivity contribution in [1.29, 1.82) is 0 Å². The van der Waals surface area contributed by atoms with Gasteiger partial charge >= 0.3 is 0 Å². The molecule has 3 rings (SSSR count). The van der Waals surface area contributed by atoms with Crippen LogP contribution in [0.2, 0.25) is 0 Å². The predicted molar refractivity (Wildman–Crippen MR) is 99.1 cm³/mol. The van der Waals surface area contributed by atoms with Gasteiger partial charge in [-0.3, -0.25) is 0 Å². The van der Waals surface area contributed by atoms with Gasteiger partial charge in [0.1, 0.15) is 5.75 Å². The van der Waals surface area contributed by atoms with Gasteiger partial charge in [-0.1, -0.05) is 62.7 Å². The molecule has 2 aromatic rings. The fourth-order valence-electron chi connectivity index (χ4n) is 3.57. The third kappa shape index (κ3) is 2.59. The minimum absolute atomic E-state index is 0.0499. The van der Waals surface area contributed by atoms with Gasteiger partial charge in [0.15, 0.2) is 0 Å². The zero-order chi connectivity index (χ0) is 16.8. The van der Waals surface area contributed by atoms with E-state index in [2.05, 4.69) is 71.0 Å². The third-order valence-electron chi connectivity index (χ3n) is 4.91. The van der Waals surface area contributed by atoms with Crippen molar-refractivity contribution in [2.45, 2.75) is 46.5 Å². The zero-order valence-electron chi connectivity index (χ0n) is 15.1. The number of rotatable bonds is 2. The lowest BCUT2D eigenvalue weighted by Crippen LogP contribution is -2.15. The lowest BCUT2D eigenvalue weighted by atomic mass is 9.80. The second kappa shape index (κ2) is 5.56. The van der Waals surface area contributed by atoms with E-state index in [1.807, 2.05) is 0 Å². The van der Waals surface area contributed by atoms with Gasteiger partial charge in [0.25, 0.3) is 0 Å². The maximum absolute atomic E-state index is 5.94. The Labute approximate surface area is 140 Å². The van der Waals surface area contributed by atoms with Crippen molar-refractivity contribution in [3.8, 4) is 16.9 Å². The highest BCUT2D eigenvalue weighted by atomic mass is 16.5. The topological polar surface area (TPSA) is 9.23 Å². The molecule has 0 radical (unpaired) electrons. The van der Waals surface area contributed by atoms with Crippen molar-refractivity contribution in [2.24, 2.45) is 0 Å². The Morgan fingerprint density at radius 3 is 2.17 bits per heavy atom. The van der Waals surface area contributed by atoms with Gasteiger partial charge in [0, 0.05) is 11.1 Å². The molecule has 0 aromatic heterocycles. The molecule has 0 heterocycles. The van der Waals surface area contributed by atoms with Crippen LogP contribution in [-0.2, 0) is 11.8 Å². The van der Waals surface area contributed by atoms with Crippen LogP contribution in [0, 0.1) is 0 Å². The van der Waals surface area contributed by atoms with Crippen LogP contribution in [0.4, 0.5) is 0 Å². The fraction of sp³-hybridized carbons (Fsp3) is 0.364. The van der Waals surface area contributed by atoms with Gasteiger partial charge in [-0.05, 0) is 47.9 Å². The molecule has 0 saturated heterocycles. The SMILES string of the molecule is COc1c(C(C)(C)C)cc2c(c1-c1ccccc1)C(C)=C(C)C2. The maximum Gasteiger partial charge on any atom is 0.131 e. The Hall–Kier alpha value is -2.02. The summed E-state index contributed by atoms with van der Waals surface area (Å²) in [6, 6.07) is 13.0. The summed E-state index contributed by atoms with van der Waals surface area (Å²) in [5.74, 6) is 1.02. The molecule has 0 saturated carbocycles. The predicted octanol–water partition coefficient (Wildman–Crippen LogP) is 6.01. The summed E-state index contributed by atoms with van der Waals surface area (Å²) < 4.78 is 5.94. The van der Waals surface area contributed by atoms with E-state index in [1.54, 1.807) is 7.11 Å². The van der Waals surface area contributed by atoms with Crippen LogP contribution >= 0.6 is 0 Å². The summed E-state index contributed by atoms with van der Waals surface area (Å²) in [6.45, 7) is 11.3. The number of benzene rings is 2. The first-order valence-corrected chi connectivity index (χ1v) is 8.31. The highest BCUT2D eigenvalue weighted by molar-refractivity contribution is 5.91. The van der Waals surface area contributed by atoms with Crippen molar-refractivity contribution >= 4 is 5.57 Å². The largest absolute Gasteiger partial charge is 0.496 e. The molecule has 0 N–H and O–H groups in total. The van der Waals surface area contributed by atoms with E-state index in [1.165, 1.54) is 39.0 Å². The summed E-state index contributed by atoms with van der Waals surface area (Å²) in [5.41, 5.74) is 9.51. The first-order chi connectivity index (χ1) is 10.8. The van der Waals surface area contributed by atoms with E-state index in [0.717, 1.165) is 12.2 Å². The highest BCUT2D eigenvalue weighted by Crippen LogP contribution is 2.48. The maximum atomic E-state index is 5.94. The minimum Gasteiger partial charge on any atom is -0.496 e. The van der Waals surface area contributed by atoms with Crippen LogP contribution in [0.5, 0.6) is 5.75 Å². The number of ether oxygens (including phenoxy) is 1. The Balaban J connectivity index is 2.42. The smallest absolute Gasteiger partial charge is 0.131 e. The number of methoxy groups -OCH3 is 1. The number of fused-ring (bicyclic) bond motifs is 1. The van der Waals surface area contributed by atoms with Gasteiger partial charge in [-0.15, -0.1) is 0 Å². The van der Waals surface area contributed by atoms with E-state index in [0.29, 0.717) is 0 Å². The molecular weight excluding hydrogens is 280 g/mol. The van der Waals surface area contributed by atoms with Gasteiger partial charge in [0.2, 0.25) is 0 Å². The molecular formula is C22H26O. The Morgan fingerprint density at radius 1 is 0.957 bits per heavy atom. The summed E-state index contributed by atoms with van der Waals surface area (Å²) in [6.07, 6.45) is 1.05. The van der Waals surface area contributed by atoms with E-state index in [-0.39, 0.29) is 5.41 Å². The molecule has 0 fully saturated rings. The van der Waals surface area contributed by atoms with Gasteiger partial charge in [-0.2, -0.15) is 0 Å². The summed E-state index contributed by atoms with van der Waals surface area (Å²) in [5, 5.41) is 0. The molecule has 0 atom stereocenters. The molecule has 1 nitrogen and oxygen atoms in total. The van der Waals surface area contributed by atoms with Crippen LogP contribution in [0.25, 0.3) is 16.7 Å². The Bertz CT molecular complexity index is 774. The highest BCUT2D eigenvalue weighted by Gasteiger charge is 2.29. The average Bonchev–Trinajstić information content (AvgIpc) is 2.80. The van der Waals surface area contributed by atoms with E-state index >= 15 is 0 Å². The number of allylic oxidation sites excluding steroid dienone is 2. The second-order valence-corrected chi connectivity index (χ2v) is 7.56. The van der Waals surface area contributed by atoms with Crippen molar-refractivity contribution in [1.82, 2.24) is 0 Å². The normalized spacial score (nSPS) is 14.2. The molecule has 2 aromatic carbocycles.